The van der Waals surface area contributed by atoms with Crippen molar-refractivity contribution in [2.24, 2.45) is 0 Å². The number of methoxy groups -OCH3 is 2. The van der Waals surface area contributed by atoms with Crippen molar-refractivity contribution in [3.05, 3.63) is 42.5 Å². The Morgan fingerprint density at radius 2 is 1.54 bits per heavy atom. The maximum absolute atomic E-state index is 14.1. The Balaban J connectivity index is 1.56. The van der Waals surface area contributed by atoms with Crippen LogP contribution in [0, 0.1) is 0 Å². The number of aromatic nitrogens is 2. The number of amides is 1. The van der Waals surface area contributed by atoms with E-state index >= 15 is 0 Å². The van der Waals surface area contributed by atoms with Crippen molar-refractivity contribution >= 4 is 16.9 Å². The highest BCUT2D eigenvalue weighted by Gasteiger charge is 2.33. The lowest BCUT2D eigenvalue weighted by atomic mass is 9.88. The van der Waals surface area contributed by atoms with E-state index in [2.05, 4.69) is 15.5 Å². The molecule has 1 amide bonds. The molecule has 0 atom stereocenters. The number of fused-ring (bicyclic) bond motifs is 1. The van der Waals surface area contributed by atoms with Gasteiger partial charge in [0.25, 0.3) is 0 Å². The lowest BCUT2D eigenvalue weighted by molar-refractivity contribution is -0.138. The molecule has 186 valence electrons. The fourth-order valence-electron chi connectivity index (χ4n) is 6.15. The summed E-state index contributed by atoms with van der Waals surface area (Å²) in [5, 5.41) is 0. The highest BCUT2D eigenvalue weighted by molar-refractivity contribution is 5.86. The largest absolute Gasteiger partial charge is 0.493 e. The molecule has 35 heavy (non-hydrogen) atoms. The molecule has 2 aliphatic carbocycles. The van der Waals surface area contributed by atoms with Crippen LogP contribution in [0.15, 0.2) is 42.5 Å². The van der Waals surface area contributed by atoms with Gasteiger partial charge in [0.1, 0.15) is 12.4 Å². The molecule has 2 aliphatic rings. The summed E-state index contributed by atoms with van der Waals surface area (Å²) in [5.41, 5.74) is 2.67. The van der Waals surface area contributed by atoms with Crippen LogP contribution in [0.3, 0.4) is 0 Å². The molecule has 0 aliphatic heterocycles. The van der Waals surface area contributed by atoms with Gasteiger partial charge < -0.3 is 18.9 Å². The van der Waals surface area contributed by atoms with E-state index in [-0.39, 0.29) is 12.5 Å². The molecule has 1 aromatic heterocycles. The number of hydrogen-bond donors (Lipinski definition) is 0. The Bertz CT molecular complexity index is 1140. The molecule has 2 fully saturated rings. The number of carbonyl (C=O) groups is 1. The first-order valence-electron chi connectivity index (χ1n) is 13.2. The SMILES string of the molecule is COc1cccc(-c2nc3ccccc3n2CC(=O)N(C2CCCCC2)C2CCCCC2)c1OC. The summed E-state index contributed by atoms with van der Waals surface area (Å²) in [5.74, 6) is 2.24. The van der Waals surface area contributed by atoms with Gasteiger partial charge in [0, 0.05) is 12.1 Å². The van der Waals surface area contributed by atoms with Gasteiger partial charge in [-0.2, -0.15) is 0 Å². The Morgan fingerprint density at radius 3 is 2.17 bits per heavy atom. The molecular formula is C29H37N3O3. The molecule has 0 N–H and O–H groups in total. The van der Waals surface area contributed by atoms with Crippen LogP contribution in [-0.2, 0) is 11.3 Å². The molecule has 0 spiro atoms. The summed E-state index contributed by atoms with van der Waals surface area (Å²) in [6, 6.07) is 14.6. The summed E-state index contributed by atoms with van der Waals surface area (Å²) >= 11 is 0. The van der Waals surface area contributed by atoms with E-state index in [0.29, 0.717) is 23.6 Å². The van der Waals surface area contributed by atoms with E-state index in [1.807, 2.05) is 36.4 Å². The average Bonchev–Trinajstić information content (AvgIpc) is 3.27. The van der Waals surface area contributed by atoms with Crippen molar-refractivity contribution in [1.29, 1.82) is 0 Å². The Labute approximate surface area is 208 Å². The van der Waals surface area contributed by atoms with E-state index in [0.717, 1.165) is 48.1 Å². The number of imidazole rings is 1. The monoisotopic (exact) mass is 475 g/mol. The maximum Gasteiger partial charge on any atom is 0.243 e. The van der Waals surface area contributed by atoms with Crippen LogP contribution in [0.25, 0.3) is 22.4 Å². The smallest absolute Gasteiger partial charge is 0.243 e. The zero-order valence-electron chi connectivity index (χ0n) is 21.0. The van der Waals surface area contributed by atoms with Gasteiger partial charge in [-0.1, -0.05) is 56.7 Å². The van der Waals surface area contributed by atoms with Crippen LogP contribution >= 0.6 is 0 Å². The van der Waals surface area contributed by atoms with Gasteiger partial charge in [-0.15, -0.1) is 0 Å². The van der Waals surface area contributed by atoms with Crippen LogP contribution in [0.1, 0.15) is 64.2 Å². The van der Waals surface area contributed by atoms with Crippen molar-refractivity contribution < 1.29 is 14.3 Å². The summed E-state index contributed by atoms with van der Waals surface area (Å²) in [6.45, 7) is 0.281. The molecule has 6 nitrogen and oxygen atoms in total. The number of carbonyl (C=O) groups excluding carboxylic acids is 1. The predicted molar refractivity (Wildman–Crippen MR) is 139 cm³/mol. The lowest BCUT2D eigenvalue weighted by Crippen LogP contribution is -2.50. The molecule has 2 saturated carbocycles. The fraction of sp³-hybridized carbons (Fsp3) is 0.517. The normalized spacial score (nSPS) is 17.4. The van der Waals surface area contributed by atoms with Gasteiger partial charge in [-0.25, -0.2) is 4.98 Å². The summed E-state index contributed by atoms with van der Waals surface area (Å²) in [6.07, 6.45) is 12.0. The number of rotatable bonds is 7. The molecule has 1 heterocycles. The standard InChI is InChI=1S/C29H37N3O3/c1-34-26-19-11-16-23(28(26)35-2)29-30-24-17-9-10-18-25(24)31(29)20-27(33)32(21-12-5-3-6-13-21)22-14-7-4-8-15-22/h9-11,16-19,21-22H,3-8,12-15,20H2,1-2H3. The number of ether oxygens (including phenoxy) is 2. The van der Waals surface area contributed by atoms with Crippen LogP contribution in [0.4, 0.5) is 0 Å². The molecule has 0 radical (unpaired) electrons. The fourth-order valence-corrected chi connectivity index (χ4v) is 6.15. The van der Waals surface area contributed by atoms with E-state index in [1.54, 1.807) is 14.2 Å². The first kappa shape index (κ1) is 23.7. The van der Waals surface area contributed by atoms with Gasteiger partial charge in [0.15, 0.2) is 11.5 Å². The topological polar surface area (TPSA) is 56.6 Å². The van der Waals surface area contributed by atoms with E-state index < -0.39 is 0 Å². The predicted octanol–water partition coefficient (Wildman–Crippen LogP) is 6.21. The average molecular weight is 476 g/mol. The number of benzene rings is 2. The summed E-state index contributed by atoms with van der Waals surface area (Å²) in [7, 11) is 3.29. The van der Waals surface area contributed by atoms with Gasteiger partial charge in [0.2, 0.25) is 5.91 Å². The van der Waals surface area contributed by atoms with Crippen LogP contribution in [-0.4, -0.2) is 46.7 Å². The van der Waals surface area contributed by atoms with Crippen LogP contribution in [0.2, 0.25) is 0 Å². The lowest BCUT2D eigenvalue weighted by Gasteiger charge is -2.42. The van der Waals surface area contributed by atoms with Crippen molar-refractivity contribution in [1.82, 2.24) is 14.5 Å². The minimum Gasteiger partial charge on any atom is -0.493 e. The summed E-state index contributed by atoms with van der Waals surface area (Å²) in [4.78, 5) is 21.4. The highest BCUT2D eigenvalue weighted by atomic mass is 16.5. The van der Waals surface area contributed by atoms with Crippen molar-refractivity contribution in [2.45, 2.75) is 82.8 Å². The van der Waals surface area contributed by atoms with Crippen molar-refractivity contribution in [2.75, 3.05) is 14.2 Å². The highest BCUT2D eigenvalue weighted by Crippen LogP contribution is 2.39. The number of hydrogen-bond acceptors (Lipinski definition) is 4. The first-order chi connectivity index (χ1) is 17.2. The van der Waals surface area contributed by atoms with E-state index in [4.69, 9.17) is 14.5 Å². The number of nitrogens with zero attached hydrogens (tertiary/aromatic N) is 3. The van der Waals surface area contributed by atoms with E-state index in [1.165, 1.54) is 38.5 Å². The van der Waals surface area contributed by atoms with Gasteiger partial charge in [0.05, 0.1) is 30.8 Å². The van der Waals surface area contributed by atoms with Crippen LogP contribution < -0.4 is 9.47 Å². The van der Waals surface area contributed by atoms with Crippen molar-refractivity contribution in [3.63, 3.8) is 0 Å². The van der Waals surface area contributed by atoms with Gasteiger partial charge in [-0.3, -0.25) is 4.79 Å². The Hall–Kier alpha value is -3.02. The maximum atomic E-state index is 14.1. The summed E-state index contributed by atoms with van der Waals surface area (Å²) < 4.78 is 13.4. The molecule has 3 aromatic rings. The molecule has 6 heteroatoms. The zero-order valence-corrected chi connectivity index (χ0v) is 21.0. The Morgan fingerprint density at radius 1 is 0.886 bits per heavy atom. The van der Waals surface area contributed by atoms with E-state index in [9.17, 15) is 4.79 Å². The second-order valence-corrected chi connectivity index (χ2v) is 9.94. The molecule has 0 bridgehead atoms. The van der Waals surface area contributed by atoms with Crippen molar-refractivity contribution in [3.8, 4) is 22.9 Å². The third-order valence-corrected chi connectivity index (χ3v) is 7.82. The minimum atomic E-state index is 0.218. The molecular weight excluding hydrogens is 438 g/mol. The second kappa shape index (κ2) is 10.7. The molecule has 0 unspecified atom stereocenters. The number of para-hydroxylation sites is 3. The molecule has 2 aromatic carbocycles. The second-order valence-electron chi connectivity index (χ2n) is 9.94. The van der Waals surface area contributed by atoms with Crippen LogP contribution in [0.5, 0.6) is 11.5 Å². The molecule has 0 saturated heterocycles. The first-order valence-corrected chi connectivity index (χ1v) is 13.2. The Kier molecular flexibility index (Phi) is 7.26. The quantitative estimate of drug-likeness (QED) is 0.407. The van der Waals surface area contributed by atoms with Gasteiger partial charge in [-0.05, 0) is 49.9 Å². The molecule has 5 rings (SSSR count). The zero-order chi connectivity index (χ0) is 24.2. The van der Waals surface area contributed by atoms with Gasteiger partial charge >= 0.3 is 0 Å². The minimum absolute atomic E-state index is 0.218. The third-order valence-electron chi connectivity index (χ3n) is 7.82. The third kappa shape index (κ3) is 4.75.